The molecule has 7 heteroatoms. The van der Waals surface area contributed by atoms with Crippen molar-refractivity contribution in [2.75, 3.05) is 19.6 Å². The number of alkyl halides is 3. The number of carbonyl (C=O) groups is 1. The summed E-state index contributed by atoms with van der Waals surface area (Å²) in [5, 5.41) is 0. The molecule has 4 nitrogen and oxygen atoms in total. The van der Waals surface area contributed by atoms with Gasteiger partial charge in [-0.15, -0.1) is 0 Å². The van der Waals surface area contributed by atoms with Crippen LogP contribution in [0.25, 0.3) is 0 Å². The number of rotatable bonds is 5. The molecule has 1 aliphatic heterocycles. The third-order valence-corrected chi connectivity index (χ3v) is 4.20. The standard InChI is InChI=1S/C19H27F3N2O2/c1-18(2,3)26-17(25)24(12-10-19(20,21)22)16-9-11-23(14-16)13-15-7-5-4-6-8-15/h4-8,16H,9-14H2,1-3H3/t16-/m0/s1. The highest BCUT2D eigenvalue weighted by molar-refractivity contribution is 5.68. The maximum Gasteiger partial charge on any atom is 0.410 e. The molecule has 0 bridgehead atoms. The molecule has 2 rings (SSSR count). The molecule has 1 heterocycles. The van der Waals surface area contributed by atoms with E-state index in [-0.39, 0.29) is 12.6 Å². The van der Waals surface area contributed by atoms with Gasteiger partial charge in [-0.25, -0.2) is 4.79 Å². The van der Waals surface area contributed by atoms with E-state index in [9.17, 15) is 18.0 Å². The van der Waals surface area contributed by atoms with Crippen LogP contribution in [-0.4, -0.2) is 53.3 Å². The minimum atomic E-state index is -4.30. The zero-order valence-electron chi connectivity index (χ0n) is 15.6. The fraction of sp³-hybridized carbons (Fsp3) is 0.632. The van der Waals surface area contributed by atoms with E-state index in [0.29, 0.717) is 13.0 Å². The van der Waals surface area contributed by atoms with Gasteiger partial charge in [0, 0.05) is 32.2 Å². The normalized spacial score (nSPS) is 18.8. The Balaban J connectivity index is 2.01. The van der Waals surface area contributed by atoms with Crippen molar-refractivity contribution in [1.29, 1.82) is 0 Å². The highest BCUT2D eigenvalue weighted by atomic mass is 19.4. The summed E-state index contributed by atoms with van der Waals surface area (Å²) in [5.74, 6) is 0. The third-order valence-electron chi connectivity index (χ3n) is 4.20. The van der Waals surface area contributed by atoms with Gasteiger partial charge in [0.2, 0.25) is 0 Å². The molecule has 0 unspecified atom stereocenters. The molecule has 146 valence electrons. The quantitative estimate of drug-likeness (QED) is 0.766. The van der Waals surface area contributed by atoms with Crippen LogP contribution < -0.4 is 0 Å². The molecule has 1 aromatic rings. The molecule has 1 aromatic carbocycles. The summed E-state index contributed by atoms with van der Waals surface area (Å²) in [6, 6.07) is 9.62. The lowest BCUT2D eigenvalue weighted by molar-refractivity contribution is -0.138. The van der Waals surface area contributed by atoms with Crippen molar-refractivity contribution >= 4 is 6.09 Å². The molecule has 0 aromatic heterocycles. The Morgan fingerprint density at radius 1 is 1.23 bits per heavy atom. The zero-order valence-corrected chi connectivity index (χ0v) is 15.6. The van der Waals surface area contributed by atoms with Gasteiger partial charge in [0.05, 0.1) is 6.42 Å². The van der Waals surface area contributed by atoms with Gasteiger partial charge in [-0.3, -0.25) is 4.90 Å². The number of hydrogen-bond acceptors (Lipinski definition) is 3. The van der Waals surface area contributed by atoms with E-state index in [2.05, 4.69) is 4.90 Å². The summed E-state index contributed by atoms with van der Waals surface area (Å²) in [7, 11) is 0. The maximum atomic E-state index is 12.7. The van der Waals surface area contributed by atoms with E-state index in [1.165, 1.54) is 4.90 Å². The molecule has 1 fully saturated rings. The van der Waals surface area contributed by atoms with Crippen LogP contribution in [0.15, 0.2) is 30.3 Å². The number of nitrogens with zero attached hydrogens (tertiary/aromatic N) is 2. The summed E-state index contributed by atoms with van der Waals surface area (Å²) >= 11 is 0. The molecule has 1 aliphatic rings. The van der Waals surface area contributed by atoms with Gasteiger partial charge in [-0.2, -0.15) is 13.2 Å². The molecule has 0 spiro atoms. The van der Waals surface area contributed by atoms with Gasteiger partial charge in [0.15, 0.2) is 0 Å². The van der Waals surface area contributed by atoms with E-state index in [4.69, 9.17) is 4.74 Å². The molecule has 0 aliphatic carbocycles. The molecule has 0 radical (unpaired) electrons. The summed E-state index contributed by atoms with van der Waals surface area (Å²) < 4.78 is 43.4. The highest BCUT2D eigenvalue weighted by Crippen LogP contribution is 2.25. The Hall–Kier alpha value is -1.76. The highest BCUT2D eigenvalue weighted by Gasteiger charge is 2.36. The molecular weight excluding hydrogens is 345 g/mol. The summed E-state index contributed by atoms with van der Waals surface area (Å²) in [4.78, 5) is 15.9. The van der Waals surface area contributed by atoms with Gasteiger partial charge >= 0.3 is 12.3 Å². The lowest BCUT2D eigenvalue weighted by Gasteiger charge is -2.32. The second kappa shape index (κ2) is 8.29. The molecule has 26 heavy (non-hydrogen) atoms. The predicted octanol–water partition coefficient (Wildman–Crippen LogP) is 4.45. The first-order valence-corrected chi connectivity index (χ1v) is 8.86. The first kappa shape index (κ1) is 20.6. The smallest absolute Gasteiger partial charge is 0.410 e. The monoisotopic (exact) mass is 372 g/mol. The number of amides is 1. The predicted molar refractivity (Wildman–Crippen MR) is 93.7 cm³/mol. The van der Waals surface area contributed by atoms with Crippen LogP contribution in [0, 0.1) is 0 Å². The van der Waals surface area contributed by atoms with Crippen molar-refractivity contribution in [3.63, 3.8) is 0 Å². The van der Waals surface area contributed by atoms with Crippen molar-refractivity contribution in [3.8, 4) is 0 Å². The minimum Gasteiger partial charge on any atom is -0.444 e. The Labute approximate surface area is 152 Å². The first-order chi connectivity index (χ1) is 12.0. The summed E-state index contributed by atoms with van der Waals surface area (Å²) in [6.07, 6.45) is -5.36. The van der Waals surface area contributed by atoms with Gasteiger partial charge in [0.25, 0.3) is 0 Å². The number of halogens is 3. The average Bonchev–Trinajstić information content (AvgIpc) is 2.93. The zero-order chi connectivity index (χ0) is 19.4. The first-order valence-electron chi connectivity index (χ1n) is 8.86. The number of likely N-dealkylation sites (tertiary alicyclic amines) is 1. The van der Waals surface area contributed by atoms with Crippen molar-refractivity contribution in [2.45, 2.75) is 58.0 Å². The van der Waals surface area contributed by atoms with Crippen LogP contribution in [0.1, 0.15) is 39.2 Å². The van der Waals surface area contributed by atoms with Gasteiger partial charge in [-0.05, 0) is 32.8 Å². The lowest BCUT2D eigenvalue weighted by atomic mass is 10.2. The molecular formula is C19H27F3N2O2. The Morgan fingerprint density at radius 2 is 1.88 bits per heavy atom. The minimum absolute atomic E-state index is 0.268. The second-order valence-electron chi connectivity index (χ2n) is 7.70. The van der Waals surface area contributed by atoms with Crippen LogP contribution in [-0.2, 0) is 11.3 Å². The largest absolute Gasteiger partial charge is 0.444 e. The Kier molecular flexibility index (Phi) is 6.55. The van der Waals surface area contributed by atoms with Crippen molar-refractivity contribution in [1.82, 2.24) is 9.80 Å². The molecule has 1 amide bonds. The third kappa shape index (κ3) is 6.86. The van der Waals surface area contributed by atoms with Crippen molar-refractivity contribution < 1.29 is 22.7 Å². The molecule has 0 saturated carbocycles. The van der Waals surface area contributed by atoms with Gasteiger partial charge in [0.1, 0.15) is 5.60 Å². The number of hydrogen-bond donors (Lipinski definition) is 0. The van der Waals surface area contributed by atoms with Gasteiger partial charge in [-0.1, -0.05) is 30.3 Å². The molecule has 1 atom stereocenters. The molecule has 1 saturated heterocycles. The van der Waals surface area contributed by atoms with E-state index >= 15 is 0 Å². The fourth-order valence-corrected chi connectivity index (χ4v) is 3.04. The number of carbonyl (C=O) groups excluding carboxylic acids is 1. The number of ether oxygens (including phenoxy) is 1. The number of benzene rings is 1. The summed E-state index contributed by atoms with van der Waals surface area (Å²) in [5.41, 5.74) is 0.405. The van der Waals surface area contributed by atoms with E-state index in [1.54, 1.807) is 20.8 Å². The van der Waals surface area contributed by atoms with Crippen LogP contribution in [0.5, 0.6) is 0 Å². The molecule has 0 N–H and O–H groups in total. The summed E-state index contributed by atoms with van der Waals surface area (Å²) in [6.45, 7) is 6.77. The van der Waals surface area contributed by atoms with Crippen molar-refractivity contribution in [2.24, 2.45) is 0 Å². The van der Waals surface area contributed by atoms with Crippen LogP contribution in [0.4, 0.5) is 18.0 Å². The Bertz CT molecular complexity index is 585. The lowest BCUT2D eigenvalue weighted by Crippen LogP contribution is -2.46. The maximum absolute atomic E-state index is 12.7. The fourth-order valence-electron chi connectivity index (χ4n) is 3.04. The van der Waals surface area contributed by atoms with Crippen LogP contribution in [0.3, 0.4) is 0 Å². The van der Waals surface area contributed by atoms with E-state index in [1.807, 2.05) is 30.3 Å². The SMILES string of the molecule is CC(C)(C)OC(=O)N(CCC(F)(F)F)[C@H]1CCN(Cc2ccccc2)C1. The second-order valence-corrected chi connectivity index (χ2v) is 7.70. The van der Waals surface area contributed by atoms with Crippen LogP contribution >= 0.6 is 0 Å². The average molecular weight is 372 g/mol. The van der Waals surface area contributed by atoms with E-state index in [0.717, 1.165) is 18.7 Å². The van der Waals surface area contributed by atoms with Gasteiger partial charge < -0.3 is 9.64 Å². The Morgan fingerprint density at radius 3 is 2.46 bits per heavy atom. The van der Waals surface area contributed by atoms with Crippen molar-refractivity contribution in [3.05, 3.63) is 35.9 Å². The topological polar surface area (TPSA) is 32.8 Å². The van der Waals surface area contributed by atoms with E-state index < -0.39 is 24.3 Å². The van der Waals surface area contributed by atoms with Crippen LogP contribution in [0.2, 0.25) is 0 Å².